The standard InChI is InChI=1S/C13H24N4O/c1-5-9-10-14-11(17-16-10)12(18)15-13(6-2,7-3)8-4/h5-9H2,1-4H3,(H,15,18)(H,14,16,17). The van der Waals surface area contributed by atoms with Crippen LogP contribution in [-0.2, 0) is 6.42 Å². The molecule has 5 nitrogen and oxygen atoms in total. The van der Waals surface area contributed by atoms with Crippen LogP contribution in [0.15, 0.2) is 0 Å². The molecule has 5 heteroatoms. The van der Waals surface area contributed by atoms with Crippen LogP contribution < -0.4 is 5.32 Å². The lowest BCUT2D eigenvalue weighted by atomic mass is 9.90. The van der Waals surface area contributed by atoms with Gasteiger partial charge in [-0.2, -0.15) is 0 Å². The summed E-state index contributed by atoms with van der Waals surface area (Å²) in [5.74, 6) is 0.843. The van der Waals surface area contributed by atoms with Gasteiger partial charge in [-0.05, 0) is 25.7 Å². The molecule has 2 N–H and O–H groups in total. The third-order valence-electron chi connectivity index (χ3n) is 3.63. The SMILES string of the molecule is CCCc1nc(C(=O)NC(CC)(CC)CC)n[nH]1. The van der Waals surface area contributed by atoms with Crippen LogP contribution in [0.25, 0.3) is 0 Å². The molecule has 0 aliphatic heterocycles. The van der Waals surface area contributed by atoms with E-state index >= 15 is 0 Å². The largest absolute Gasteiger partial charge is 0.344 e. The normalized spacial score (nSPS) is 11.6. The van der Waals surface area contributed by atoms with E-state index in [0.29, 0.717) is 0 Å². The topological polar surface area (TPSA) is 70.7 Å². The maximum Gasteiger partial charge on any atom is 0.291 e. The van der Waals surface area contributed by atoms with E-state index in [1.807, 2.05) is 0 Å². The number of carbonyl (C=O) groups is 1. The maximum absolute atomic E-state index is 12.1. The molecule has 0 spiro atoms. The summed E-state index contributed by atoms with van der Waals surface area (Å²) in [6, 6.07) is 0. The second-order valence-electron chi connectivity index (χ2n) is 4.65. The van der Waals surface area contributed by atoms with Gasteiger partial charge in [-0.1, -0.05) is 27.7 Å². The molecule has 0 radical (unpaired) electrons. The summed E-state index contributed by atoms with van der Waals surface area (Å²) < 4.78 is 0. The van der Waals surface area contributed by atoms with E-state index < -0.39 is 0 Å². The zero-order chi connectivity index (χ0) is 13.6. The van der Waals surface area contributed by atoms with E-state index in [0.717, 1.165) is 37.9 Å². The molecule has 18 heavy (non-hydrogen) atoms. The molecule has 0 atom stereocenters. The molecule has 1 heterocycles. The van der Waals surface area contributed by atoms with Crippen LogP contribution >= 0.6 is 0 Å². The van der Waals surface area contributed by atoms with Gasteiger partial charge in [-0.15, -0.1) is 5.10 Å². The van der Waals surface area contributed by atoms with E-state index in [1.54, 1.807) is 0 Å². The quantitative estimate of drug-likeness (QED) is 0.783. The number of nitrogens with one attached hydrogen (secondary N) is 2. The summed E-state index contributed by atoms with van der Waals surface area (Å²) in [5, 5.41) is 9.85. The third-order valence-corrected chi connectivity index (χ3v) is 3.63. The summed E-state index contributed by atoms with van der Waals surface area (Å²) in [4.78, 5) is 16.3. The summed E-state index contributed by atoms with van der Waals surface area (Å²) in [5.41, 5.74) is -0.136. The zero-order valence-electron chi connectivity index (χ0n) is 11.8. The van der Waals surface area contributed by atoms with Crippen molar-refractivity contribution >= 4 is 5.91 Å². The van der Waals surface area contributed by atoms with Crippen LogP contribution in [0.3, 0.4) is 0 Å². The van der Waals surface area contributed by atoms with Crippen molar-refractivity contribution < 1.29 is 4.79 Å². The fraction of sp³-hybridized carbons (Fsp3) is 0.769. The molecule has 0 fully saturated rings. The van der Waals surface area contributed by atoms with Crippen LogP contribution in [0, 0.1) is 0 Å². The molecule has 1 aromatic rings. The Labute approximate surface area is 109 Å². The predicted molar refractivity (Wildman–Crippen MR) is 71.4 cm³/mol. The van der Waals surface area contributed by atoms with Crippen molar-refractivity contribution in [2.45, 2.75) is 65.3 Å². The van der Waals surface area contributed by atoms with Crippen molar-refractivity contribution in [2.75, 3.05) is 0 Å². The number of hydrogen-bond acceptors (Lipinski definition) is 3. The fourth-order valence-corrected chi connectivity index (χ4v) is 2.06. The molecular weight excluding hydrogens is 228 g/mol. The molecule has 1 amide bonds. The maximum atomic E-state index is 12.1. The van der Waals surface area contributed by atoms with Crippen LogP contribution in [0.5, 0.6) is 0 Å². The minimum absolute atomic E-state index is 0.136. The molecule has 0 unspecified atom stereocenters. The predicted octanol–water partition coefficient (Wildman–Crippen LogP) is 2.46. The fourth-order valence-electron chi connectivity index (χ4n) is 2.06. The second-order valence-corrected chi connectivity index (χ2v) is 4.65. The minimum atomic E-state index is -0.181. The number of H-pyrrole nitrogens is 1. The lowest BCUT2D eigenvalue weighted by molar-refractivity contribution is 0.0877. The number of carbonyl (C=O) groups excluding carboxylic acids is 1. The van der Waals surface area contributed by atoms with Gasteiger partial charge in [0.2, 0.25) is 5.82 Å². The van der Waals surface area contributed by atoms with Crippen molar-refractivity contribution in [1.82, 2.24) is 20.5 Å². The van der Waals surface area contributed by atoms with Crippen molar-refractivity contribution in [2.24, 2.45) is 0 Å². The second kappa shape index (κ2) is 6.52. The zero-order valence-corrected chi connectivity index (χ0v) is 11.8. The van der Waals surface area contributed by atoms with E-state index in [1.165, 1.54) is 0 Å². The van der Waals surface area contributed by atoms with Crippen molar-refractivity contribution in [1.29, 1.82) is 0 Å². The Balaban J connectivity index is 2.74. The Hall–Kier alpha value is -1.39. The van der Waals surface area contributed by atoms with Gasteiger partial charge in [-0.25, -0.2) is 4.98 Å². The van der Waals surface area contributed by atoms with Crippen LogP contribution in [0.1, 0.15) is 69.8 Å². The monoisotopic (exact) mass is 252 g/mol. The van der Waals surface area contributed by atoms with Crippen molar-refractivity contribution in [3.63, 3.8) is 0 Å². The number of hydrogen-bond donors (Lipinski definition) is 2. The van der Waals surface area contributed by atoms with Crippen LogP contribution in [-0.4, -0.2) is 26.6 Å². The highest BCUT2D eigenvalue weighted by Gasteiger charge is 2.27. The summed E-state index contributed by atoms with van der Waals surface area (Å²) >= 11 is 0. The molecule has 0 saturated carbocycles. The molecule has 1 rings (SSSR count). The van der Waals surface area contributed by atoms with Crippen molar-refractivity contribution in [3.05, 3.63) is 11.6 Å². The average molecular weight is 252 g/mol. The first-order valence-corrected chi connectivity index (χ1v) is 6.84. The summed E-state index contributed by atoms with van der Waals surface area (Å²) in [6.07, 6.45) is 4.55. The van der Waals surface area contributed by atoms with Crippen LogP contribution in [0.2, 0.25) is 0 Å². The van der Waals surface area contributed by atoms with Gasteiger partial charge in [0.15, 0.2) is 0 Å². The Morgan fingerprint density at radius 1 is 1.22 bits per heavy atom. The highest BCUT2D eigenvalue weighted by molar-refractivity contribution is 5.90. The van der Waals surface area contributed by atoms with Gasteiger partial charge >= 0.3 is 0 Å². The molecule has 0 aliphatic carbocycles. The summed E-state index contributed by atoms with van der Waals surface area (Å²) in [6.45, 7) is 8.34. The van der Waals surface area contributed by atoms with Gasteiger partial charge in [0, 0.05) is 12.0 Å². The van der Waals surface area contributed by atoms with Gasteiger partial charge in [0.1, 0.15) is 5.82 Å². The molecule has 0 aromatic carbocycles. The number of aromatic nitrogens is 3. The highest BCUT2D eigenvalue weighted by Crippen LogP contribution is 2.19. The molecule has 0 aliphatic rings. The lowest BCUT2D eigenvalue weighted by Crippen LogP contribution is -2.47. The smallest absolute Gasteiger partial charge is 0.291 e. The Morgan fingerprint density at radius 3 is 2.33 bits per heavy atom. The molecule has 1 aromatic heterocycles. The molecule has 102 valence electrons. The Morgan fingerprint density at radius 2 is 1.83 bits per heavy atom. The van der Waals surface area contributed by atoms with Crippen LogP contribution in [0.4, 0.5) is 0 Å². The third kappa shape index (κ3) is 3.31. The number of amides is 1. The first-order valence-electron chi connectivity index (χ1n) is 6.84. The molecular formula is C13H24N4O. The summed E-state index contributed by atoms with van der Waals surface area (Å²) in [7, 11) is 0. The average Bonchev–Trinajstić information content (AvgIpc) is 2.85. The van der Waals surface area contributed by atoms with E-state index in [2.05, 4.69) is 48.2 Å². The van der Waals surface area contributed by atoms with Gasteiger partial charge in [-0.3, -0.25) is 9.89 Å². The number of nitrogens with zero attached hydrogens (tertiary/aromatic N) is 2. The van der Waals surface area contributed by atoms with E-state index in [4.69, 9.17) is 0 Å². The highest BCUT2D eigenvalue weighted by atomic mass is 16.2. The Kier molecular flexibility index (Phi) is 5.31. The lowest BCUT2D eigenvalue weighted by Gasteiger charge is -2.31. The van der Waals surface area contributed by atoms with Gasteiger partial charge in [0.25, 0.3) is 5.91 Å². The Bertz CT molecular complexity index is 374. The molecule has 0 bridgehead atoms. The molecule has 0 saturated heterocycles. The number of aromatic amines is 1. The van der Waals surface area contributed by atoms with Gasteiger partial charge < -0.3 is 5.32 Å². The van der Waals surface area contributed by atoms with Gasteiger partial charge in [0.05, 0.1) is 0 Å². The number of aryl methyl sites for hydroxylation is 1. The van der Waals surface area contributed by atoms with E-state index in [-0.39, 0.29) is 17.3 Å². The van der Waals surface area contributed by atoms with E-state index in [9.17, 15) is 4.79 Å². The number of rotatable bonds is 7. The first-order chi connectivity index (χ1) is 8.60. The first kappa shape index (κ1) is 14.7. The minimum Gasteiger partial charge on any atom is -0.344 e. The van der Waals surface area contributed by atoms with Crippen molar-refractivity contribution in [3.8, 4) is 0 Å².